The SMILES string of the molecule is Cc1nc(NCc2cnn(C3CC(F)(F)C3)c2)cc2c1NC(=O)[C@@](O)(C(C)C)N2C. The summed E-state index contributed by atoms with van der Waals surface area (Å²) in [6.07, 6.45) is 3.06. The number of fused-ring (bicyclic) bond motifs is 1. The smallest absolute Gasteiger partial charge is 0.278 e. The molecule has 0 radical (unpaired) electrons. The van der Waals surface area contributed by atoms with Crippen LogP contribution in [-0.2, 0) is 11.3 Å². The Morgan fingerprint density at radius 2 is 2.10 bits per heavy atom. The van der Waals surface area contributed by atoms with Crippen LogP contribution in [0, 0.1) is 12.8 Å². The Bertz CT molecular complexity index is 984. The van der Waals surface area contributed by atoms with E-state index in [1.165, 1.54) is 0 Å². The maximum Gasteiger partial charge on any atom is 0.278 e. The van der Waals surface area contributed by atoms with E-state index in [1.807, 2.05) is 0 Å². The molecule has 1 aliphatic carbocycles. The zero-order valence-electron chi connectivity index (χ0n) is 17.4. The number of amides is 1. The van der Waals surface area contributed by atoms with Crippen LogP contribution in [0.4, 0.5) is 26.0 Å². The van der Waals surface area contributed by atoms with Gasteiger partial charge in [-0.05, 0) is 6.92 Å². The number of nitrogens with one attached hydrogen (secondary N) is 2. The van der Waals surface area contributed by atoms with Gasteiger partial charge in [0.2, 0.25) is 5.72 Å². The van der Waals surface area contributed by atoms with Crippen molar-refractivity contribution >= 4 is 23.1 Å². The van der Waals surface area contributed by atoms with Crippen LogP contribution >= 0.6 is 0 Å². The lowest BCUT2D eigenvalue weighted by Crippen LogP contribution is -2.62. The molecule has 1 atom stereocenters. The molecule has 2 aromatic rings. The monoisotopic (exact) mass is 420 g/mol. The number of anilines is 3. The first-order valence-corrected chi connectivity index (χ1v) is 9.95. The molecule has 3 N–H and O–H groups in total. The number of carbonyl (C=O) groups excluding carboxylic acids is 1. The molecular formula is C20H26F2N6O2. The minimum absolute atomic E-state index is 0.177. The van der Waals surface area contributed by atoms with Crippen LogP contribution in [0.2, 0.25) is 0 Å². The third kappa shape index (κ3) is 3.28. The van der Waals surface area contributed by atoms with Crippen LogP contribution in [0.25, 0.3) is 0 Å². The number of aromatic nitrogens is 3. The standard InChI is InChI=1S/C20H26F2N6O2/c1-11(2)20(30)18(29)26-17-12(3)25-16(5-15(17)27(20)4)23-8-13-9-24-28(10-13)14-6-19(21,22)7-14/h5,9-11,14,30H,6-8H2,1-4H3,(H,23,25)(H,26,29)/t20-/m0/s1. The topological polar surface area (TPSA) is 95.3 Å². The van der Waals surface area contributed by atoms with Gasteiger partial charge in [-0.3, -0.25) is 9.48 Å². The summed E-state index contributed by atoms with van der Waals surface area (Å²) in [4.78, 5) is 18.6. The van der Waals surface area contributed by atoms with Gasteiger partial charge >= 0.3 is 0 Å². The number of alkyl halides is 2. The second-order valence-corrected chi connectivity index (χ2v) is 8.48. The quantitative estimate of drug-likeness (QED) is 0.689. The van der Waals surface area contributed by atoms with E-state index >= 15 is 0 Å². The highest BCUT2D eigenvalue weighted by atomic mass is 19.3. The average molecular weight is 420 g/mol. The normalized spacial score (nSPS) is 23.2. The number of aryl methyl sites for hydroxylation is 1. The van der Waals surface area contributed by atoms with Gasteiger partial charge in [0.05, 0.1) is 29.3 Å². The summed E-state index contributed by atoms with van der Waals surface area (Å²) in [5.74, 6) is -2.82. The molecular weight excluding hydrogens is 394 g/mol. The summed E-state index contributed by atoms with van der Waals surface area (Å²) >= 11 is 0. The third-order valence-electron chi connectivity index (χ3n) is 6.00. The highest BCUT2D eigenvalue weighted by Crippen LogP contribution is 2.45. The van der Waals surface area contributed by atoms with E-state index in [0.29, 0.717) is 29.4 Å². The average Bonchev–Trinajstić information content (AvgIpc) is 3.12. The van der Waals surface area contributed by atoms with Crippen LogP contribution < -0.4 is 15.5 Å². The number of hydrogen-bond acceptors (Lipinski definition) is 6. The Morgan fingerprint density at radius 3 is 2.73 bits per heavy atom. The molecule has 30 heavy (non-hydrogen) atoms. The Labute approximate surface area is 173 Å². The Morgan fingerprint density at radius 1 is 1.40 bits per heavy atom. The molecule has 1 amide bonds. The van der Waals surface area contributed by atoms with Gasteiger partial charge in [-0.1, -0.05) is 13.8 Å². The largest absolute Gasteiger partial charge is 0.366 e. The van der Waals surface area contributed by atoms with Crippen molar-refractivity contribution in [2.45, 2.75) is 57.8 Å². The lowest BCUT2D eigenvalue weighted by atomic mass is 9.88. The second kappa shape index (κ2) is 6.90. The van der Waals surface area contributed by atoms with Gasteiger partial charge in [-0.25, -0.2) is 13.8 Å². The number of carbonyl (C=O) groups is 1. The minimum atomic E-state index is -2.58. The van der Waals surface area contributed by atoms with Gasteiger partial charge in [0, 0.05) is 50.2 Å². The first-order valence-electron chi connectivity index (χ1n) is 9.95. The molecule has 0 spiro atoms. The molecule has 1 fully saturated rings. The fourth-order valence-electron chi connectivity index (χ4n) is 4.03. The van der Waals surface area contributed by atoms with Crippen molar-refractivity contribution in [2.75, 3.05) is 22.6 Å². The number of pyridine rings is 1. The van der Waals surface area contributed by atoms with E-state index < -0.39 is 17.6 Å². The predicted molar refractivity (Wildman–Crippen MR) is 109 cm³/mol. The van der Waals surface area contributed by atoms with Gasteiger partial charge in [-0.2, -0.15) is 5.10 Å². The second-order valence-electron chi connectivity index (χ2n) is 8.48. The molecule has 0 unspecified atom stereocenters. The first kappa shape index (κ1) is 20.5. The maximum absolute atomic E-state index is 13.1. The van der Waals surface area contributed by atoms with Crippen LogP contribution in [-0.4, -0.2) is 44.5 Å². The van der Waals surface area contributed by atoms with Gasteiger partial charge in [0.25, 0.3) is 11.8 Å². The van der Waals surface area contributed by atoms with E-state index in [0.717, 1.165) is 5.56 Å². The van der Waals surface area contributed by atoms with Crippen LogP contribution in [0.5, 0.6) is 0 Å². The summed E-state index contributed by atoms with van der Waals surface area (Å²) in [6, 6.07) is 1.51. The lowest BCUT2D eigenvalue weighted by Gasteiger charge is -2.44. The summed E-state index contributed by atoms with van der Waals surface area (Å²) in [5, 5.41) is 21.1. The van der Waals surface area contributed by atoms with Crippen LogP contribution in [0.15, 0.2) is 18.5 Å². The summed E-state index contributed by atoms with van der Waals surface area (Å²) in [5.41, 5.74) is 1.03. The minimum Gasteiger partial charge on any atom is -0.366 e. The third-order valence-corrected chi connectivity index (χ3v) is 6.00. The molecule has 1 aliphatic heterocycles. The molecule has 2 aromatic heterocycles. The van der Waals surface area contributed by atoms with E-state index in [2.05, 4.69) is 20.7 Å². The molecule has 162 valence electrons. The predicted octanol–water partition coefficient (Wildman–Crippen LogP) is 2.90. The fraction of sp³-hybridized carbons (Fsp3) is 0.550. The van der Waals surface area contributed by atoms with Crippen molar-refractivity contribution < 1.29 is 18.7 Å². The molecule has 3 heterocycles. The van der Waals surface area contributed by atoms with E-state index in [4.69, 9.17) is 0 Å². The van der Waals surface area contributed by atoms with Gasteiger partial charge in [0.1, 0.15) is 5.82 Å². The lowest BCUT2D eigenvalue weighted by molar-refractivity contribution is -0.138. The van der Waals surface area contributed by atoms with Crippen molar-refractivity contribution in [3.05, 3.63) is 29.7 Å². The Kier molecular flexibility index (Phi) is 4.72. The highest BCUT2D eigenvalue weighted by Gasteiger charge is 2.48. The molecule has 0 saturated heterocycles. The van der Waals surface area contributed by atoms with Crippen molar-refractivity contribution in [3.63, 3.8) is 0 Å². The highest BCUT2D eigenvalue weighted by molar-refractivity contribution is 6.06. The van der Waals surface area contributed by atoms with Crippen LogP contribution in [0.1, 0.15) is 44.0 Å². The first-order chi connectivity index (χ1) is 14.0. The Balaban J connectivity index is 1.51. The zero-order chi connectivity index (χ0) is 21.8. The summed E-state index contributed by atoms with van der Waals surface area (Å²) < 4.78 is 27.7. The number of halogens is 2. The molecule has 10 heteroatoms. The number of hydrogen-bond donors (Lipinski definition) is 3. The molecule has 1 saturated carbocycles. The van der Waals surface area contributed by atoms with E-state index in [-0.39, 0.29) is 24.8 Å². The Hall–Kier alpha value is -2.75. The van der Waals surface area contributed by atoms with Crippen LogP contribution in [0.3, 0.4) is 0 Å². The number of aliphatic hydroxyl groups is 1. The van der Waals surface area contributed by atoms with Gasteiger partial charge in [-0.15, -0.1) is 0 Å². The van der Waals surface area contributed by atoms with Crippen molar-refractivity contribution in [2.24, 2.45) is 5.92 Å². The van der Waals surface area contributed by atoms with Crippen molar-refractivity contribution in [3.8, 4) is 0 Å². The summed E-state index contributed by atoms with van der Waals surface area (Å²) in [7, 11) is 1.68. The maximum atomic E-state index is 13.1. The van der Waals surface area contributed by atoms with Gasteiger partial charge < -0.3 is 20.6 Å². The zero-order valence-corrected chi connectivity index (χ0v) is 17.4. The molecule has 2 aliphatic rings. The molecule has 0 bridgehead atoms. The number of nitrogens with zero attached hydrogens (tertiary/aromatic N) is 4. The number of likely N-dealkylation sites (N-methyl/N-ethyl adjacent to an activating group) is 1. The van der Waals surface area contributed by atoms with Crippen molar-refractivity contribution in [1.82, 2.24) is 14.8 Å². The van der Waals surface area contributed by atoms with E-state index in [9.17, 15) is 18.7 Å². The molecule has 0 aromatic carbocycles. The summed E-state index contributed by atoms with van der Waals surface area (Å²) in [6.45, 7) is 5.76. The number of rotatable bonds is 5. The van der Waals surface area contributed by atoms with Crippen molar-refractivity contribution in [1.29, 1.82) is 0 Å². The molecule has 8 nitrogen and oxygen atoms in total. The van der Waals surface area contributed by atoms with E-state index in [1.54, 1.807) is 55.9 Å². The molecule has 4 rings (SSSR count). The van der Waals surface area contributed by atoms with Gasteiger partial charge in [0.15, 0.2) is 0 Å². The fourth-order valence-corrected chi connectivity index (χ4v) is 4.03.